The molecule has 1 N–H and O–H groups in total. The number of hydrogen-bond acceptors (Lipinski definition) is 2. The van der Waals surface area contributed by atoms with Gasteiger partial charge in [-0.25, -0.2) is 0 Å². The van der Waals surface area contributed by atoms with Crippen molar-refractivity contribution in [2.45, 2.75) is 12.6 Å². The average molecular weight is 261 g/mol. The number of ether oxygens (including phenoxy) is 1. The van der Waals surface area contributed by atoms with Gasteiger partial charge in [-0.1, -0.05) is 6.07 Å². The molecular formula is C12H14F3NO2. The van der Waals surface area contributed by atoms with Crippen LogP contribution in [0.15, 0.2) is 24.3 Å². The van der Waals surface area contributed by atoms with Crippen LogP contribution < -0.4 is 5.32 Å². The molecule has 0 fully saturated rings. The van der Waals surface area contributed by atoms with Gasteiger partial charge >= 0.3 is 6.18 Å². The highest BCUT2D eigenvalue weighted by molar-refractivity contribution is 5.94. The molecule has 0 saturated heterocycles. The van der Waals surface area contributed by atoms with E-state index < -0.39 is 17.6 Å². The van der Waals surface area contributed by atoms with Crippen molar-refractivity contribution >= 4 is 5.91 Å². The number of methoxy groups -OCH3 is 1. The van der Waals surface area contributed by atoms with Crippen molar-refractivity contribution in [2.24, 2.45) is 0 Å². The highest BCUT2D eigenvalue weighted by atomic mass is 19.4. The molecule has 1 aromatic carbocycles. The number of carbonyl (C=O) groups excluding carboxylic acids is 1. The summed E-state index contributed by atoms with van der Waals surface area (Å²) in [6.07, 6.45) is -3.83. The zero-order valence-electron chi connectivity index (χ0n) is 9.88. The molecule has 1 aromatic rings. The normalized spacial score (nSPS) is 11.3. The van der Waals surface area contributed by atoms with E-state index in [1.54, 1.807) is 0 Å². The lowest BCUT2D eigenvalue weighted by atomic mass is 10.1. The molecule has 0 bridgehead atoms. The van der Waals surface area contributed by atoms with Gasteiger partial charge in [0, 0.05) is 25.8 Å². The van der Waals surface area contributed by atoms with E-state index in [-0.39, 0.29) is 5.56 Å². The maximum atomic E-state index is 12.4. The standard InChI is InChI=1S/C12H14F3NO2/c1-18-7-3-6-16-11(17)9-4-2-5-10(8-9)12(13,14)15/h2,4-5,8H,3,6-7H2,1H3,(H,16,17). The van der Waals surface area contributed by atoms with E-state index in [9.17, 15) is 18.0 Å². The van der Waals surface area contributed by atoms with E-state index >= 15 is 0 Å². The molecule has 6 heteroatoms. The van der Waals surface area contributed by atoms with E-state index in [1.165, 1.54) is 19.2 Å². The quantitative estimate of drug-likeness (QED) is 0.827. The second-order valence-corrected chi connectivity index (χ2v) is 3.68. The van der Waals surface area contributed by atoms with Gasteiger partial charge in [-0.05, 0) is 24.6 Å². The Bertz CT molecular complexity index is 405. The first kappa shape index (κ1) is 14.5. The van der Waals surface area contributed by atoms with Crippen LogP contribution in [0.25, 0.3) is 0 Å². The summed E-state index contributed by atoms with van der Waals surface area (Å²) in [5.41, 5.74) is -0.825. The fourth-order valence-corrected chi connectivity index (χ4v) is 1.36. The zero-order chi connectivity index (χ0) is 13.6. The summed E-state index contributed by atoms with van der Waals surface area (Å²) in [5, 5.41) is 2.53. The Kier molecular flexibility index (Phi) is 5.15. The van der Waals surface area contributed by atoms with Gasteiger partial charge in [0.2, 0.25) is 0 Å². The van der Waals surface area contributed by atoms with Crippen LogP contribution in [0.1, 0.15) is 22.3 Å². The minimum absolute atomic E-state index is 0.00208. The Morgan fingerprint density at radius 1 is 1.39 bits per heavy atom. The molecule has 0 aliphatic heterocycles. The van der Waals surface area contributed by atoms with Crippen molar-refractivity contribution in [1.29, 1.82) is 0 Å². The summed E-state index contributed by atoms with van der Waals surface area (Å²) >= 11 is 0. The third-order valence-corrected chi connectivity index (χ3v) is 2.26. The molecule has 0 spiro atoms. The predicted octanol–water partition coefficient (Wildman–Crippen LogP) is 2.47. The fraction of sp³-hybridized carbons (Fsp3) is 0.417. The number of rotatable bonds is 5. The van der Waals surface area contributed by atoms with E-state index in [2.05, 4.69) is 5.32 Å². The lowest BCUT2D eigenvalue weighted by molar-refractivity contribution is -0.137. The largest absolute Gasteiger partial charge is 0.416 e. The maximum Gasteiger partial charge on any atom is 0.416 e. The molecule has 0 saturated carbocycles. The maximum absolute atomic E-state index is 12.4. The summed E-state index contributed by atoms with van der Waals surface area (Å²) in [5.74, 6) is -0.516. The molecule has 3 nitrogen and oxygen atoms in total. The smallest absolute Gasteiger partial charge is 0.385 e. The van der Waals surface area contributed by atoms with Gasteiger partial charge in [0.25, 0.3) is 5.91 Å². The molecule has 0 heterocycles. The van der Waals surface area contributed by atoms with E-state index in [1.807, 2.05) is 0 Å². The van der Waals surface area contributed by atoms with Crippen LogP contribution in [0.2, 0.25) is 0 Å². The second-order valence-electron chi connectivity index (χ2n) is 3.68. The summed E-state index contributed by atoms with van der Waals surface area (Å²) in [7, 11) is 1.54. The Hall–Kier alpha value is -1.56. The van der Waals surface area contributed by atoms with Crippen molar-refractivity contribution in [2.75, 3.05) is 20.3 Å². The van der Waals surface area contributed by atoms with Crippen LogP contribution in [0.3, 0.4) is 0 Å². The predicted molar refractivity (Wildman–Crippen MR) is 60.3 cm³/mol. The van der Waals surface area contributed by atoms with Gasteiger partial charge in [0.15, 0.2) is 0 Å². The van der Waals surface area contributed by atoms with E-state index in [4.69, 9.17) is 4.74 Å². The van der Waals surface area contributed by atoms with Crippen LogP contribution in [0.4, 0.5) is 13.2 Å². The minimum atomic E-state index is -4.44. The third kappa shape index (κ3) is 4.37. The van der Waals surface area contributed by atoms with Gasteiger partial charge in [-0.15, -0.1) is 0 Å². The Labute approximate surface area is 103 Å². The molecule has 0 radical (unpaired) electrons. The van der Waals surface area contributed by atoms with Gasteiger partial charge in [-0.3, -0.25) is 4.79 Å². The highest BCUT2D eigenvalue weighted by Crippen LogP contribution is 2.29. The van der Waals surface area contributed by atoms with Crippen molar-refractivity contribution in [3.8, 4) is 0 Å². The number of hydrogen-bond donors (Lipinski definition) is 1. The molecule has 1 rings (SSSR count). The van der Waals surface area contributed by atoms with Gasteiger partial charge in [-0.2, -0.15) is 13.2 Å². The second kappa shape index (κ2) is 6.39. The van der Waals surface area contributed by atoms with Crippen LogP contribution in [0.5, 0.6) is 0 Å². The van der Waals surface area contributed by atoms with Crippen molar-refractivity contribution in [3.05, 3.63) is 35.4 Å². The van der Waals surface area contributed by atoms with Crippen molar-refractivity contribution < 1.29 is 22.7 Å². The Morgan fingerprint density at radius 3 is 2.72 bits per heavy atom. The number of nitrogens with one attached hydrogen (secondary N) is 1. The summed E-state index contributed by atoms with van der Waals surface area (Å²) in [6.45, 7) is 0.853. The van der Waals surface area contributed by atoms with Crippen LogP contribution in [0, 0.1) is 0 Å². The molecule has 1 amide bonds. The van der Waals surface area contributed by atoms with Crippen LogP contribution in [-0.4, -0.2) is 26.2 Å². The lowest BCUT2D eigenvalue weighted by Crippen LogP contribution is -2.25. The first-order valence-electron chi connectivity index (χ1n) is 5.39. The van der Waals surface area contributed by atoms with Crippen molar-refractivity contribution in [1.82, 2.24) is 5.32 Å². The molecule has 18 heavy (non-hydrogen) atoms. The number of benzene rings is 1. The van der Waals surface area contributed by atoms with Gasteiger partial charge in [0.1, 0.15) is 0 Å². The fourth-order valence-electron chi connectivity index (χ4n) is 1.36. The van der Waals surface area contributed by atoms with Crippen LogP contribution >= 0.6 is 0 Å². The molecular weight excluding hydrogens is 247 g/mol. The average Bonchev–Trinajstić information content (AvgIpc) is 2.33. The number of halogens is 3. The van der Waals surface area contributed by atoms with Gasteiger partial charge < -0.3 is 10.1 Å². The third-order valence-electron chi connectivity index (χ3n) is 2.26. The van der Waals surface area contributed by atoms with Crippen LogP contribution in [-0.2, 0) is 10.9 Å². The first-order chi connectivity index (χ1) is 8.45. The lowest BCUT2D eigenvalue weighted by Gasteiger charge is -2.09. The Morgan fingerprint density at radius 2 is 2.11 bits per heavy atom. The summed E-state index contributed by atoms with van der Waals surface area (Å²) < 4.78 is 42.1. The minimum Gasteiger partial charge on any atom is -0.385 e. The molecule has 0 aliphatic carbocycles. The monoisotopic (exact) mass is 261 g/mol. The van der Waals surface area contributed by atoms with E-state index in [0.717, 1.165) is 12.1 Å². The van der Waals surface area contributed by atoms with E-state index in [0.29, 0.717) is 19.6 Å². The topological polar surface area (TPSA) is 38.3 Å². The molecule has 100 valence electrons. The molecule has 0 unspecified atom stereocenters. The zero-order valence-corrected chi connectivity index (χ0v) is 9.88. The molecule has 0 aromatic heterocycles. The summed E-state index contributed by atoms with van der Waals surface area (Å²) in [4.78, 5) is 11.6. The molecule has 0 aliphatic rings. The number of alkyl halides is 3. The SMILES string of the molecule is COCCCNC(=O)c1cccc(C(F)(F)F)c1. The number of amides is 1. The first-order valence-corrected chi connectivity index (χ1v) is 5.39. The molecule has 0 atom stereocenters. The highest BCUT2D eigenvalue weighted by Gasteiger charge is 2.30. The Balaban J connectivity index is 2.63. The van der Waals surface area contributed by atoms with Gasteiger partial charge in [0.05, 0.1) is 5.56 Å². The summed E-state index contributed by atoms with van der Waals surface area (Å²) in [6, 6.07) is 4.33. The van der Waals surface area contributed by atoms with Crippen molar-refractivity contribution in [3.63, 3.8) is 0 Å². The number of carbonyl (C=O) groups is 1.